The summed E-state index contributed by atoms with van der Waals surface area (Å²) in [5, 5.41) is 0. The van der Waals surface area contributed by atoms with E-state index in [4.69, 9.17) is 15.8 Å². The Morgan fingerprint density at radius 2 is 1.88 bits per heavy atom. The van der Waals surface area contributed by atoms with Crippen LogP contribution in [0.15, 0.2) is 24.3 Å². The standard InChI is InChI=1S/C13H21ClOSi/c1-15-13-10-5-4-8-12(13)9-6-7-11-16(2,3)14/h4-5,8,10H,6-7,9,11H2,1-3H3. The van der Waals surface area contributed by atoms with Crippen LogP contribution in [0.1, 0.15) is 18.4 Å². The summed E-state index contributed by atoms with van der Waals surface area (Å²) in [6, 6.07) is 9.44. The molecule has 0 amide bonds. The van der Waals surface area contributed by atoms with Gasteiger partial charge in [0.05, 0.1) is 7.11 Å². The highest BCUT2D eigenvalue weighted by Gasteiger charge is 2.15. The average Bonchev–Trinajstić information content (AvgIpc) is 2.23. The van der Waals surface area contributed by atoms with Crippen molar-refractivity contribution in [1.29, 1.82) is 0 Å². The molecule has 0 bridgehead atoms. The molecule has 0 fully saturated rings. The highest BCUT2D eigenvalue weighted by Crippen LogP contribution is 2.22. The first-order valence-electron chi connectivity index (χ1n) is 5.84. The molecule has 0 saturated heterocycles. The van der Waals surface area contributed by atoms with Gasteiger partial charge in [0.25, 0.3) is 0 Å². The predicted molar refractivity (Wildman–Crippen MR) is 74.1 cm³/mol. The van der Waals surface area contributed by atoms with E-state index in [-0.39, 0.29) is 0 Å². The molecule has 0 spiro atoms. The van der Waals surface area contributed by atoms with E-state index in [9.17, 15) is 0 Å². The maximum atomic E-state index is 6.29. The van der Waals surface area contributed by atoms with Crippen LogP contribution in [0.4, 0.5) is 0 Å². The minimum Gasteiger partial charge on any atom is -0.496 e. The van der Waals surface area contributed by atoms with Gasteiger partial charge in [-0.2, -0.15) is 11.1 Å². The van der Waals surface area contributed by atoms with Gasteiger partial charge in [0, 0.05) is 0 Å². The monoisotopic (exact) mass is 256 g/mol. The SMILES string of the molecule is COc1ccccc1CCCC[Si](C)(C)Cl. The molecule has 0 aliphatic heterocycles. The van der Waals surface area contributed by atoms with Gasteiger partial charge in [-0.1, -0.05) is 37.7 Å². The van der Waals surface area contributed by atoms with Crippen molar-refractivity contribution in [3.63, 3.8) is 0 Å². The normalized spacial score (nSPS) is 11.5. The van der Waals surface area contributed by atoms with Crippen molar-refractivity contribution in [2.24, 2.45) is 0 Å². The first kappa shape index (κ1) is 13.6. The third kappa shape index (κ3) is 5.04. The number of aryl methyl sites for hydroxylation is 1. The molecule has 0 aliphatic rings. The van der Waals surface area contributed by atoms with Crippen LogP contribution in [0.5, 0.6) is 5.75 Å². The molecule has 0 aliphatic carbocycles. The van der Waals surface area contributed by atoms with E-state index in [0.29, 0.717) is 0 Å². The minimum absolute atomic E-state index is 1.00. The molecule has 0 saturated carbocycles. The van der Waals surface area contributed by atoms with Crippen LogP contribution in [0, 0.1) is 0 Å². The highest BCUT2D eigenvalue weighted by molar-refractivity contribution is 7.19. The van der Waals surface area contributed by atoms with Crippen LogP contribution >= 0.6 is 11.1 Å². The number of hydrogen-bond acceptors (Lipinski definition) is 1. The van der Waals surface area contributed by atoms with Crippen molar-refractivity contribution in [1.82, 2.24) is 0 Å². The Labute approximate surface area is 104 Å². The summed E-state index contributed by atoms with van der Waals surface area (Å²) in [5.41, 5.74) is 1.30. The number of hydrogen-bond donors (Lipinski definition) is 0. The smallest absolute Gasteiger partial charge is 0.150 e. The van der Waals surface area contributed by atoms with Crippen molar-refractivity contribution in [3.05, 3.63) is 29.8 Å². The molecule has 1 nitrogen and oxygen atoms in total. The summed E-state index contributed by atoms with van der Waals surface area (Å²) in [7, 11) is 0.353. The molecule has 0 heterocycles. The zero-order valence-corrected chi connectivity index (χ0v) is 12.2. The number of methoxy groups -OCH3 is 1. The Balaban J connectivity index is 2.37. The van der Waals surface area contributed by atoms with E-state index in [1.165, 1.54) is 24.4 Å². The van der Waals surface area contributed by atoms with E-state index >= 15 is 0 Å². The summed E-state index contributed by atoms with van der Waals surface area (Å²) in [6.45, 7) is 4.41. The quantitative estimate of drug-likeness (QED) is 0.415. The number of para-hydroxylation sites is 1. The van der Waals surface area contributed by atoms with Gasteiger partial charge in [-0.25, -0.2) is 0 Å². The van der Waals surface area contributed by atoms with Gasteiger partial charge in [0.1, 0.15) is 13.1 Å². The van der Waals surface area contributed by atoms with Crippen LogP contribution in [-0.4, -0.2) is 14.5 Å². The molecule has 0 radical (unpaired) electrons. The lowest BCUT2D eigenvalue weighted by molar-refractivity contribution is 0.409. The fourth-order valence-electron chi connectivity index (χ4n) is 1.77. The molecule has 0 atom stereocenters. The van der Waals surface area contributed by atoms with Crippen LogP contribution < -0.4 is 4.74 Å². The number of benzene rings is 1. The van der Waals surface area contributed by atoms with E-state index < -0.39 is 7.38 Å². The van der Waals surface area contributed by atoms with E-state index in [0.717, 1.165) is 12.2 Å². The summed E-state index contributed by atoms with van der Waals surface area (Å²) < 4.78 is 5.33. The lowest BCUT2D eigenvalue weighted by Gasteiger charge is -2.12. The zero-order chi connectivity index (χ0) is 12.0. The van der Waals surface area contributed by atoms with Gasteiger partial charge in [-0.05, 0) is 30.5 Å². The number of halogens is 1. The van der Waals surface area contributed by atoms with Gasteiger partial charge >= 0.3 is 0 Å². The minimum atomic E-state index is -1.38. The van der Waals surface area contributed by atoms with Gasteiger partial charge in [-0.3, -0.25) is 0 Å². The zero-order valence-electron chi connectivity index (χ0n) is 10.4. The second-order valence-corrected chi connectivity index (χ2v) is 11.7. The Hall–Kier alpha value is -0.473. The molecule has 0 aromatic heterocycles. The summed E-state index contributed by atoms with van der Waals surface area (Å²) >= 11 is 6.29. The van der Waals surface area contributed by atoms with E-state index in [1.807, 2.05) is 12.1 Å². The largest absolute Gasteiger partial charge is 0.496 e. The number of ether oxygens (including phenoxy) is 1. The van der Waals surface area contributed by atoms with Gasteiger partial charge < -0.3 is 4.74 Å². The molecule has 3 heteroatoms. The molecular weight excluding hydrogens is 236 g/mol. The second-order valence-electron chi connectivity index (χ2n) is 4.74. The Morgan fingerprint density at radius 1 is 1.19 bits per heavy atom. The Morgan fingerprint density at radius 3 is 2.50 bits per heavy atom. The lowest BCUT2D eigenvalue weighted by Crippen LogP contribution is -2.15. The first-order chi connectivity index (χ1) is 7.53. The first-order valence-corrected chi connectivity index (χ1v) is 10.1. The molecule has 1 aromatic carbocycles. The van der Waals surface area contributed by atoms with Crippen molar-refractivity contribution in [2.45, 2.75) is 38.4 Å². The maximum Gasteiger partial charge on any atom is 0.150 e. The molecule has 16 heavy (non-hydrogen) atoms. The number of rotatable bonds is 6. The maximum absolute atomic E-state index is 6.29. The lowest BCUT2D eigenvalue weighted by atomic mass is 10.1. The second kappa shape index (κ2) is 6.31. The van der Waals surface area contributed by atoms with E-state index in [1.54, 1.807) is 7.11 Å². The highest BCUT2D eigenvalue weighted by atomic mass is 35.6. The van der Waals surface area contributed by atoms with Gasteiger partial charge in [-0.15, -0.1) is 0 Å². The molecule has 90 valence electrons. The third-order valence-electron chi connectivity index (χ3n) is 2.66. The van der Waals surface area contributed by atoms with Crippen LogP contribution in [-0.2, 0) is 6.42 Å². The summed E-state index contributed by atoms with van der Waals surface area (Å²) in [6.07, 6.45) is 3.51. The Kier molecular flexibility index (Phi) is 5.36. The van der Waals surface area contributed by atoms with Crippen LogP contribution in [0.2, 0.25) is 19.1 Å². The molecule has 0 N–H and O–H groups in total. The van der Waals surface area contributed by atoms with Crippen LogP contribution in [0.3, 0.4) is 0 Å². The van der Waals surface area contributed by atoms with Gasteiger partial charge in [0.2, 0.25) is 0 Å². The fraction of sp³-hybridized carbons (Fsp3) is 0.538. The molecule has 0 unspecified atom stereocenters. The van der Waals surface area contributed by atoms with Crippen molar-refractivity contribution in [2.75, 3.05) is 7.11 Å². The van der Waals surface area contributed by atoms with E-state index in [2.05, 4.69) is 25.2 Å². The van der Waals surface area contributed by atoms with Gasteiger partial charge in [0.15, 0.2) is 0 Å². The molecule has 1 aromatic rings. The summed E-state index contributed by atoms with van der Waals surface area (Å²) in [5.74, 6) is 1.00. The van der Waals surface area contributed by atoms with Crippen molar-refractivity contribution >= 4 is 18.5 Å². The topological polar surface area (TPSA) is 9.23 Å². The average molecular weight is 257 g/mol. The number of unbranched alkanes of at least 4 members (excludes halogenated alkanes) is 1. The predicted octanol–water partition coefficient (Wildman–Crippen LogP) is 4.46. The molecule has 1 rings (SSSR count). The van der Waals surface area contributed by atoms with Crippen molar-refractivity contribution in [3.8, 4) is 5.75 Å². The molecular formula is C13H21ClOSi. The Bertz CT molecular complexity index is 320. The summed E-state index contributed by atoms with van der Waals surface area (Å²) in [4.78, 5) is 0. The fourth-order valence-corrected chi connectivity index (χ4v) is 3.26. The third-order valence-corrected chi connectivity index (χ3v) is 4.77. The van der Waals surface area contributed by atoms with Crippen LogP contribution in [0.25, 0.3) is 0 Å². The van der Waals surface area contributed by atoms with Crippen molar-refractivity contribution < 1.29 is 4.74 Å².